The molecule has 0 aliphatic carbocycles. The maximum Gasteiger partial charge on any atom is 0.252 e. The Bertz CT molecular complexity index is 402. The fourth-order valence-electron chi connectivity index (χ4n) is 1.30. The quantitative estimate of drug-likeness (QED) is 0.581. The van der Waals surface area contributed by atoms with Crippen LogP contribution in [0.4, 0.5) is 4.39 Å². The topological polar surface area (TPSA) is 38.3 Å². The van der Waals surface area contributed by atoms with Crippen molar-refractivity contribution >= 4 is 37.8 Å². The first-order valence-electron chi connectivity index (χ1n) is 5.52. The number of halogens is 3. The molecule has 0 radical (unpaired) electrons. The van der Waals surface area contributed by atoms with E-state index in [1.807, 2.05) is 0 Å². The van der Waals surface area contributed by atoms with Gasteiger partial charge >= 0.3 is 0 Å². The highest BCUT2D eigenvalue weighted by molar-refractivity contribution is 9.10. The summed E-state index contributed by atoms with van der Waals surface area (Å²) in [6, 6.07) is 3.99. The van der Waals surface area contributed by atoms with Crippen LogP contribution in [-0.4, -0.2) is 31.0 Å². The van der Waals surface area contributed by atoms with Gasteiger partial charge in [-0.1, -0.05) is 15.9 Å². The van der Waals surface area contributed by atoms with Crippen LogP contribution in [0.25, 0.3) is 0 Å². The zero-order valence-corrected chi connectivity index (χ0v) is 12.9. The monoisotopic (exact) mass is 381 g/mol. The second-order valence-electron chi connectivity index (χ2n) is 3.53. The summed E-state index contributed by atoms with van der Waals surface area (Å²) in [5.41, 5.74) is 0.428. The van der Waals surface area contributed by atoms with Gasteiger partial charge in [-0.3, -0.25) is 4.79 Å². The van der Waals surface area contributed by atoms with Crippen molar-refractivity contribution < 1.29 is 13.9 Å². The molecule has 100 valence electrons. The lowest BCUT2D eigenvalue weighted by Gasteiger charge is -2.07. The Balaban J connectivity index is 2.32. The second kappa shape index (κ2) is 8.61. The molecule has 18 heavy (non-hydrogen) atoms. The first-order chi connectivity index (χ1) is 8.65. The smallest absolute Gasteiger partial charge is 0.252 e. The molecule has 0 aliphatic heterocycles. The largest absolute Gasteiger partial charge is 0.381 e. The van der Waals surface area contributed by atoms with Gasteiger partial charge in [0.1, 0.15) is 5.82 Å². The van der Waals surface area contributed by atoms with E-state index in [0.717, 1.165) is 11.8 Å². The van der Waals surface area contributed by atoms with E-state index in [9.17, 15) is 9.18 Å². The number of amides is 1. The fraction of sp³-hybridized carbons (Fsp3) is 0.417. The third kappa shape index (κ3) is 5.46. The van der Waals surface area contributed by atoms with Crippen LogP contribution in [0.2, 0.25) is 0 Å². The van der Waals surface area contributed by atoms with Gasteiger partial charge in [0.15, 0.2) is 0 Å². The Labute approximate surface area is 122 Å². The predicted molar refractivity (Wildman–Crippen MR) is 75.7 cm³/mol. The van der Waals surface area contributed by atoms with Gasteiger partial charge in [-0.2, -0.15) is 0 Å². The Kier molecular flexibility index (Phi) is 7.46. The minimum atomic E-state index is -0.374. The molecule has 0 saturated heterocycles. The number of alkyl halides is 1. The minimum Gasteiger partial charge on any atom is -0.381 e. The third-order valence-corrected chi connectivity index (χ3v) is 3.13. The van der Waals surface area contributed by atoms with Crippen molar-refractivity contribution in [1.82, 2.24) is 5.32 Å². The van der Waals surface area contributed by atoms with E-state index in [1.165, 1.54) is 18.2 Å². The molecule has 1 aromatic rings. The average Bonchev–Trinajstić information content (AvgIpc) is 2.33. The van der Waals surface area contributed by atoms with E-state index < -0.39 is 0 Å². The van der Waals surface area contributed by atoms with Gasteiger partial charge < -0.3 is 10.1 Å². The van der Waals surface area contributed by atoms with Gasteiger partial charge in [-0.25, -0.2) is 4.39 Å². The normalized spacial score (nSPS) is 10.4. The van der Waals surface area contributed by atoms with E-state index in [2.05, 4.69) is 37.2 Å². The van der Waals surface area contributed by atoms with E-state index in [1.54, 1.807) is 0 Å². The molecular weight excluding hydrogens is 369 g/mol. The van der Waals surface area contributed by atoms with Crippen molar-refractivity contribution in [2.45, 2.75) is 6.42 Å². The van der Waals surface area contributed by atoms with Crippen LogP contribution in [0.5, 0.6) is 0 Å². The van der Waals surface area contributed by atoms with E-state index >= 15 is 0 Å². The lowest BCUT2D eigenvalue weighted by atomic mass is 10.2. The zero-order chi connectivity index (χ0) is 13.4. The predicted octanol–water partition coefficient (Wildman–Crippen LogP) is 3.12. The molecule has 0 aromatic heterocycles. The molecule has 0 spiro atoms. The van der Waals surface area contributed by atoms with E-state index in [0.29, 0.717) is 29.8 Å². The molecule has 1 aromatic carbocycles. The maximum absolute atomic E-state index is 12.9. The number of carbonyl (C=O) groups is 1. The number of nitrogens with one attached hydrogen (secondary N) is 1. The van der Waals surface area contributed by atoms with Crippen molar-refractivity contribution in [2.24, 2.45) is 0 Å². The molecule has 6 heteroatoms. The molecule has 0 saturated carbocycles. The molecule has 1 N–H and O–H groups in total. The van der Waals surface area contributed by atoms with Crippen molar-refractivity contribution in [3.8, 4) is 0 Å². The van der Waals surface area contributed by atoms with Crippen molar-refractivity contribution in [1.29, 1.82) is 0 Å². The molecule has 0 heterocycles. The Morgan fingerprint density at radius 2 is 2.17 bits per heavy atom. The second-order valence-corrected chi connectivity index (χ2v) is 5.18. The SMILES string of the molecule is O=C(NCCCOCCBr)c1ccc(F)cc1Br. The average molecular weight is 383 g/mol. The molecule has 0 aliphatic rings. The number of hydrogen-bond donors (Lipinski definition) is 1. The first-order valence-corrected chi connectivity index (χ1v) is 7.43. The molecule has 0 atom stereocenters. The highest BCUT2D eigenvalue weighted by Gasteiger charge is 2.09. The molecular formula is C12H14Br2FNO2. The summed E-state index contributed by atoms with van der Waals surface area (Å²) < 4.78 is 18.6. The minimum absolute atomic E-state index is 0.220. The summed E-state index contributed by atoms with van der Waals surface area (Å²) >= 11 is 6.42. The summed E-state index contributed by atoms with van der Waals surface area (Å²) in [6.07, 6.45) is 0.748. The van der Waals surface area contributed by atoms with Crippen LogP contribution in [0.3, 0.4) is 0 Å². The van der Waals surface area contributed by atoms with Gasteiger partial charge in [-0.05, 0) is 40.5 Å². The molecule has 0 unspecified atom stereocenters. The summed E-state index contributed by atoms with van der Waals surface area (Å²) in [5, 5.41) is 3.56. The Morgan fingerprint density at radius 1 is 1.39 bits per heavy atom. The number of ether oxygens (including phenoxy) is 1. The molecule has 1 rings (SSSR count). The number of rotatable bonds is 7. The summed E-state index contributed by atoms with van der Waals surface area (Å²) in [5.74, 6) is -0.594. The molecule has 1 amide bonds. The van der Waals surface area contributed by atoms with E-state index in [4.69, 9.17) is 4.74 Å². The fourth-order valence-corrected chi connectivity index (χ4v) is 2.06. The lowest BCUT2D eigenvalue weighted by molar-refractivity contribution is 0.0944. The van der Waals surface area contributed by atoms with Crippen LogP contribution < -0.4 is 5.32 Å². The van der Waals surface area contributed by atoms with Crippen molar-refractivity contribution in [3.63, 3.8) is 0 Å². The van der Waals surface area contributed by atoms with Crippen molar-refractivity contribution in [3.05, 3.63) is 34.1 Å². The third-order valence-electron chi connectivity index (χ3n) is 2.15. The van der Waals surface area contributed by atoms with Gasteiger partial charge in [0, 0.05) is 23.0 Å². The number of benzene rings is 1. The van der Waals surface area contributed by atoms with E-state index in [-0.39, 0.29) is 11.7 Å². The standard InChI is InChI=1S/C12H14Br2FNO2/c13-4-7-18-6-1-5-16-12(17)10-3-2-9(15)8-11(10)14/h2-3,8H,1,4-7H2,(H,16,17). The molecule has 0 bridgehead atoms. The zero-order valence-electron chi connectivity index (χ0n) is 9.72. The Hall–Kier alpha value is -0.460. The van der Waals surface area contributed by atoms with Crippen LogP contribution in [0, 0.1) is 5.82 Å². The van der Waals surface area contributed by atoms with Gasteiger partial charge in [0.25, 0.3) is 5.91 Å². The number of hydrogen-bond acceptors (Lipinski definition) is 2. The summed E-state index contributed by atoms with van der Waals surface area (Å²) in [6.45, 7) is 1.80. The number of carbonyl (C=O) groups excluding carboxylic acids is 1. The maximum atomic E-state index is 12.9. The first kappa shape index (κ1) is 15.6. The highest BCUT2D eigenvalue weighted by Crippen LogP contribution is 2.17. The van der Waals surface area contributed by atoms with Crippen LogP contribution in [0.15, 0.2) is 22.7 Å². The summed E-state index contributed by atoms with van der Waals surface area (Å²) in [7, 11) is 0. The summed E-state index contributed by atoms with van der Waals surface area (Å²) in [4.78, 5) is 11.8. The van der Waals surface area contributed by atoms with Gasteiger partial charge in [0.05, 0.1) is 12.2 Å². The Morgan fingerprint density at radius 3 is 2.83 bits per heavy atom. The van der Waals surface area contributed by atoms with Crippen molar-refractivity contribution in [2.75, 3.05) is 25.1 Å². The molecule has 0 fully saturated rings. The molecule has 3 nitrogen and oxygen atoms in total. The van der Waals surface area contributed by atoms with Gasteiger partial charge in [0.2, 0.25) is 0 Å². The lowest BCUT2D eigenvalue weighted by Crippen LogP contribution is -2.25. The van der Waals surface area contributed by atoms with Crippen LogP contribution in [0.1, 0.15) is 16.8 Å². The van der Waals surface area contributed by atoms with Crippen LogP contribution in [-0.2, 0) is 4.74 Å². The highest BCUT2D eigenvalue weighted by atomic mass is 79.9. The van der Waals surface area contributed by atoms with Gasteiger partial charge in [-0.15, -0.1) is 0 Å². The van der Waals surface area contributed by atoms with Crippen LogP contribution >= 0.6 is 31.9 Å².